The fourth-order valence-corrected chi connectivity index (χ4v) is 5.08. The summed E-state index contributed by atoms with van der Waals surface area (Å²) in [6.45, 7) is 19.7. The van der Waals surface area contributed by atoms with Gasteiger partial charge in [0.2, 0.25) is 0 Å². The lowest BCUT2D eigenvalue weighted by molar-refractivity contribution is 0.0801. The minimum Gasteiger partial charge on any atom is -0.316 e. The molecule has 1 N–H and O–H groups in total. The van der Waals surface area contributed by atoms with Gasteiger partial charge in [-0.2, -0.15) is 0 Å². The third kappa shape index (κ3) is 6.70. The van der Waals surface area contributed by atoms with Crippen LogP contribution in [0.5, 0.6) is 0 Å². The van der Waals surface area contributed by atoms with Crippen molar-refractivity contribution in [3.8, 4) is 0 Å². The smallest absolute Gasteiger partial charge is 0.00179 e. The van der Waals surface area contributed by atoms with Gasteiger partial charge in [-0.1, -0.05) is 67.7 Å². The van der Waals surface area contributed by atoms with Crippen LogP contribution in [0.2, 0.25) is 0 Å². The Labute approximate surface area is 153 Å². The molecule has 0 heterocycles. The molecule has 0 amide bonds. The van der Waals surface area contributed by atoms with Crippen molar-refractivity contribution in [3.05, 3.63) is 0 Å². The van der Waals surface area contributed by atoms with Crippen LogP contribution >= 0.6 is 0 Å². The molecule has 0 radical (unpaired) electrons. The normalized spacial score (nSPS) is 34.9. The van der Waals surface area contributed by atoms with Gasteiger partial charge < -0.3 is 5.32 Å². The summed E-state index contributed by atoms with van der Waals surface area (Å²) in [6, 6.07) is 0. The van der Waals surface area contributed by atoms with E-state index in [1.165, 1.54) is 64.5 Å². The number of unbranched alkanes of at least 4 members (excludes halogenated alkanes) is 1. The molecule has 0 aliphatic heterocycles. The average Bonchev–Trinajstić information content (AvgIpc) is 2.54. The van der Waals surface area contributed by atoms with E-state index in [4.69, 9.17) is 0 Å². The maximum Gasteiger partial charge on any atom is -0.00179 e. The maximum absolute atomic E-state index is 3.72. The molecular weight excluding hydrogens is 290 g/mol. The second-order valence-corrected chi connectivity index (χ2v) is 9.63. The van der Waals surface area contributed by atoms with Crippen molar-refractivity contribution in [3.63, 3.8) is 0 Å². The Morgan fingerprint density at radius 1 is 0.917 bits per heavy atom. The fourth-order valence-electron chi connectivity index (χ4n) is 5.08. The van der Waals surface area contributed by atoms with Crippen molar-refractivity contribution < 1.29 is 0 Å². The summed E-state index contributed by atoms with van der Waals surface area (Å²) < 4.78 is 0. The van der Waals surface area contributed by atoms with E-state index in [2.05, 4.69) is 53.8 Å². The molecule has 5 atom stereocenters. The van der Waals surface area contributed by atoms with Gasteiger partial charge in [-0.25, -0.2) is 0 Å². The fraction of sp³-hybridized carbons (Fsp3) is 1.00. The summed E-state index contributed by atoms with van der Waals surface area (Å²) in [7, 11) is 0. The second-order valence-electron chi connectivity index (χ2n) is 9.63. The Hall–Kier alpha value is -0.0400. The molecule has 1 saturated carbocycles. The first-order chi connectivity index (χ1) is 11.3. The third-order valence-electron chi connectivity index (χ3n) is 7.27. The monoisotopic (exact) mass is 337 g/mol. The van der Waals surface area contributed by atoms with Gasteiger partial charge in [0.1, 0.15) is 0 Å². The SMILES string of the molecule is CCCCC1C(C)CCC(CNCCC)C(C)C(C)CCC1(C)C. The molecular formula is C23H47N. The Kier molecular flexibility index (Phi) is 9.94. The van der Waals surface area contributed by atoms with E-state index in [-0.39, 0.29) is 0 Å². The highest BCUT2D eigenvalue weighted by Crippen LogP contribution is 2.45. The van der Waals surface area contributed by atoms with E-state index < -0.39 is 0 Å². The van der Waals surface area contributed by atoms with Gasteiger partial charge in [0.25, 0.3) is 0 Å². The highest BCUT2D eigenvalue weighted by atomic mass is 14.9. The van der Waals surface area contributed by atoms with Gasteiger partial charge in [-0.15, -0.1) is 0 Å². The van der Waals surface area contributed by atoms with Crippen molar-refractivity contribution in [2.75, 3.05) is 13.1 Å². The van der Waals surface area contributed by atoms with Gasteiger partial charge in [-0.05, 0) is 80.2 Å². The number of hydrogen-bond donors (Lipinski definition) is 1. The minimum absolute atomic E-state index is 0.510. The molecule has 1 aliphatic rings. The minimum atomic E-state index is 0.510. The Bertz CT molecular complexity index is 322. The largest absolute Gasteiger partial charge is 0.316 e. The molecule has 1 rings (SSSR count). The van der Waals surface area contributed by atoms with Crippen molar-refractivity contribution in [1.82, 2.24) is 5.32 Å². The molecule has 144 valence electrons. The zero-order valence-corrected chi connectivity index (χ0v) is 18.0. The van der Waals surface area contributed by atoms with Crippen molar-refractivity contribution in [2.24, 2.45) is 35.0 Å². The van der Waals surface area contributed by atoms with Gasteiger partial charge in [0.15, 0.2) is 0 Å². The van der Waals surface area contributed by atoms with Crippen LogP contribution in [0, 0.1) is 35.0 Å². The summed E-state index contributed by atoms with van der Waals surface area (Å²) >= 11 is 0. The molecule has 0 aromatic heterocycles. The van der Waals surface area contributed by atoms with Gasteiger partial charge >= 0.3 is 0 Å². The molecule has 1 fully saturated rings. The first kappa shape index (κ1) is 22.0. The molecule has 0 bridgehead atoms. The lowest BCUT2D eigenvalue weighted by Gasteiger charge is -2.42. The molecule has 5 unspecified atom stereocenters. The number of hydrogen-bond acceptors (Lipinski definition) is 1. The van der Waals surface area contributed by atoms with Crippen LogP contribution in [0.1, 0.15) is 99.8 Å². The summed E-state index contributed by atoms with van der Waals surface area (Å²) in [5, 5.41) is 3.72. The maximum atomic E-state index is 3.72. The molecule has 0 aromatic rings. The first-order valence-corrected chi connectivity index (χ1v) is 11.0. The quantitative estimate of drug-likeness (QED) is 0.497. The van der Waals surface area contributed by atoms with E-state index >= 15 is 0 Å². The third-order valence-corrected chi connectivity index (χ3v) is 7.27. The Balaban J connectivity index is 2.82. The summed E-state index contributed by atoms with van der Waals surface area (Å²) in [5.74, 6) is 4.35. The number of rotatable bonds is 7. The van der Waals surface area contributed by atoms with Gasteiger partial charge in [0.05, 0.1) is 0 Å². The zero-order chi connectivity index (χ0) is 18.2. The second kappa shape index (κ2) is 10.8. The van der Waals surface area contributed by atoms with Crippen LogP contribution in [-0.4, -0.2) is 13.1 Å². The van der Waals surface area contributed by atoms with Crippen molar-refractivity contribution >= 4 is 0 Å². The predicted octanol–water partition coefficient (Wildman–Crippen LogP) is 6.92. The van der Waals surface area contributed by atoms with Gasteiger partial charge in [-0.3, -0.25) is 0 Å². The highest BCUT2D eigenvalue weighted by molar-refractivity contribution is 4.86. The lowest BCUT2D eigenvalue weighted by atomic mass is 9.63. The number of nitrogens with one attached hydrogen (secondary N) is 1. The van der Waals surface area contributed by atoms with Crippen LogP contribution < -0.4 is 5.32 Å². The standard InChI is InChI=1S/C23H47N/c1-8-10-11-22-19(4)12-13-21(17-24-16-9-2)20(5)18(3)14-15-23(22,6)7/h18-22,24H,8-17H2,1-7H3. The lowest BCUT2D eigenvalue weighted by Crippen LogP contribution is -2.35. The van der Waals surface area contributed by atoms with Gasteiger partial charge in [0, 0.05) is 0 Å². The van der Waals surface area contributed by atoms with E-state index in [1.807, 2.05) is 0 Å². The van der Waals surface area contributed by atoms with Crippen LogP contribution in [0.25, 0.3) is 0 Å². The molecule has 0 saturated heterocycles. The van der Waals surface area contributed by atoms with Crippen LogP contribution in [-0.2, 0) is 0 Å². The highest BCUT2D eigenvalue weighted by Gasteiger charge is 2.35. The molecule has 24 heavy (non-hydrogen) atoms. The first-order valence-electron chi connectivity index (χ1n) is 11.0. The van der Waals surface area contributed by atoms with Crippen LogP contribution in [0.15, 0.2) is 0 Å². The topological polar surface area (TPSA) is 12.0 Å². The zero-order valence-electron chi connectivity index (χ0n) is 18.0. The average molecular weight is 338 g/mol. The van der Waals surface area contributed by atoms with Crippen LogP contribution in [0.3, 0.4) is 0 Å². The van der Waals surface area contributed by atoms with E-state index in [0.29, 0.717) is 5.41 Å². The van der Waals surface area contributed by atoms with Crippen molar-refractivity contribution in [2.45, 2.75) is 99.8 Å². The molecule has 0 spiro atoms. The predicted molar refractivity (Wildman–Crippen MR) is 109 cm³/mol. The Morgan fingerprint density at radius 3 is 2.25 bits per heavy atom. The van der Waals surface area contributed by atoms with Crippen molar-refractivity contribution in [1.29, 1.82) is 0 Å². The summed E-state index contributed by atoms with van der Waals surface area (Å²) in [5.41, 5.74) is 0.510. The summed E-state index contributed by atoms with van der Waals surface area (Å²) in [6.07, 6.45) is 11.1. The molecule has 0 aromatic carbocycles. The summed E-state index contributed by atoms with van der Waals surface area (Å²) in [4.78, 5) is 0. The molecule has 1 nitrogen and oxygen atoms in total. The van der Waals surface area contributed by atoms with E-state index in [9.17, 15) is 0 Å². The van der Waals surface area contributed by atoms with E-state index in [1.54, 1.807) is 0 Å². The molecule has 1 heteroatoms. The van der Waals surface area contributed by atoms with E-state index in [0.717, 1.165) is 29.6 Å². The molecule has 1 aliphatic carbocycles. The Morgan fingerprint density at radius 2 is 1.62 bits per heavy atom. The van der Waals surface area contributed by atoms with Crippen LogP contribution in [0.4, 0.5) is 0 Å².